The number of hydrogen-bond donors (Lipinski definition) is 0. The number of amides is 1. The van der Waals surface area contributed by atoms with Gasteiger partial charge in [0.2, 0.25) is 5.91 Å². The number of carbonyl (C=O) groups is 1. The molecule has 1 amide bonds. The van der Waals surface area contributed by atoms with Crippen molar-refractivity contribution in [1.29, 1.82) is 0 Å². The molecule has 10 heteroatoms. The van der Waals surface area contributed by atoms with E-state index in [2.05, 4.69) is 10.00 Å². The van der Waals surface area contributed by atoms with Gasteiger partial charge in [0.05, 0.1) is 17.4 Å². The molecule has 0 bridgehead atoms. The number of benzene rings is 1. The van der Waals surface area contributed by atoms with Crippen LogP contribution in [0.4, 0.5) is 5.69 Å². The van der Waals surface area contributed by atoms with Crippen LogP contribution < -0.4 is 0 Å². The highest BCUT2D eigenvalue weighted by Gasteiger charge is 2.26. The van der Waals surface area contributed by atoms with E-state index < -0.39 is 4.92 Å². The zero-order valence-corrected chi connectivity index (χ0v) is 16.9. The van der Waals surface area contributed by atoms with E-state index in [1.54, 1.807) is 0 Å². The largest absolute Gasteiger partial charge is 0.340 e. The van der Waals surface area contributed by atoms with Crippen LogP contribution in [0.3, 0.4) is 0 Å². The molecule has 0 saturated carbocycles. The molecule has 2 heterocycles. The van der Waals surface area contributed by atoms with Crippen LogP contribution in [-0.2, 0) is 17.9 Å². The van der Waals surface area contributed by atoms with E-state index in [0.717, 1.165) is 18.7 Å². The summed E-state index contributed by atoms with van der Waals surface area (Å²) in [6.07, 6.45) is 2.53. The number of rotatable bonds is 6. The van der Waals surface area contributed by atoms with Crippen LogP contribution in [0.1, 0.15) is 12.5 Å². The maximum atomic E-state index is 12.7. The first-order valence-corrected chi connectivity index (χ1v) is 9.71. The molecule has 1 atom stereocenters. The number of nitrogens with zero attached hydrogens (tertiary/aromatic N) is 5. The SMILES string of the molecule is CC(Cn1cc([N+](=O)[O-])cn1)C(=O)N1CCN(Cc2c(Cl)cccc2Cl)CC1. The monoisotopic (exact) mass is 425 g/mol. The van der Waals surface area contributed by atoms with E-state index in [-0.39, 0.29) is 17.5 Å². The molecule has 3 rings (SSSR count). The quantitative estimate of drug-likeness (QED) is 0.524. The molecule has 1 saturated heterocycles. The third-order valence-electron chi connectivity index (χ3n) is 4.84. The lowest BCUT2D eigenvalue weighted by Gasteiger charge is -2.36. The Balaban J connectivity index is 1.52. The Morgan fingerprint density at radius 2 is 1.89 bits per heavy atom. The van der Waals surface area contributed by atoms with E-state index >= 15 is 0 Å². The van der Waals surface area contributed by atoms with E-state index in [0.29, 0.717) is 36.2 Å². The van der Waals surface area contributed by atoms with Gasteiger partial charge in [0.15, 0.2) is 0 Å². The normalized spacial score (nSPS) is 16.2. The van der Waals surface area contributed by atoms with Crippen molar-refractivity contribution in [3.8, 4) is 0 Å². The van der Waals surface area contributed by atoms with E-state index in [1.807, 2.05) is 30.0 Å². The lowest BCUT2D eigenvalue weighted by Crippen LogP contribution is -2.50. The smallest absolute Gasteiger partial charge is 0.306 e. The summed E-state index contributed by atoms with van der Waals surface area (Å²) in [4.78, 5) is 27.0. The second kappa shape index (κ2) is 8.89. The van der Waals surface area contributed by atoms with Gasteiger partial charge in [-0.05, 0) is 12.1 Å². The van der Waals surface area contributed by atoms with Crippen LogP contribution in [0.5, 0.6) is 0 Å². The topological polar surface area (TPSA) is 84.5 Å². The number of nitro groups is 1. The van der Waals surface area contributed by atoms with Crippen LogP contribution >= 0.6 is 23.2 Å². The molecule has 1 unspecified atom stereocenters. The minimum Gasteiger partial charge on any atom is -0.340 e. The van der Waals surface area contributed by atoms with Crippen LogP contribution in [0, 0.1) is 16.0 Å². The van der Waals surface area contributed by atoms with Gasteiger partial charge in [-0.1, -0.05) is 36.2 Å². The van der Waals surface area contributed by atoms with Gasteiger partial charge in [0, 0.05) is 48.3 Å². The maximum absolute atomic E-state index is 12.7. The highest BCUT2D eigenvalue weighted by Crippen LogP contribution is 2.26. The fourth-order valence-electron chi connectivity index (χ4n) is 3.25. The van der Waals surface area contributed by atoms with Crippen LogP contribution in [0.2, 0.25) is 10.0 Å². The van der Waals surface area contributed by atoms with Gasteiger partial charge in [0.25, 0.3) is 0 Å². The van der Waals surface area contributed by atoms with Gasteiger partial charge in [-0.3, -0.25) is 24.5 Å². The Morgan fingerprint density at radius 1 is 1.25 bits per heavy atom. The number of hydrogen-bond acceptors (Lipinski definition) is 5. The lowest BCUT2D eigenvalue weighted by molar-refractivity contribution is -0.385. The molecule has 1 aromatic heterocycles. The molecule has 0 radical (unpaired) electrons. The van der Waals surface area contributed by atoms with Crippen molar-refractivity contribution in [1.82, 2.24) is 19.6 Å². The predicted molar refractivity (Wildman–Crippen MR) is 106 cm³/mol. The second-order valence-corrected chi connectivity index (χ2v) is 7.69. The van der Waals surface area contributed by atoms with Crippen molar-refractivity contribution >= 4 is 34.8 Å². The zero-order chi connectivity index (χ0) is 20.3. The highest BCUT2D eigenvalue weighted by molar-refractivity contribution is 6.35. The third kappa shape index (κ3) is 4.81. The number of aromatic nitrogens is 2. The van der Waals surface area contributed by atoms with Gasteiger partial charge < -0.3 is 4.90 Å². The summed E-state index contributed by atoms with van der Waals surface area (Å²) in [6, 6.07) is 5.47. The van der Waals surface area contributed by atoms with E-state index in [9.17, 15) is 14.9 Å². The first-order valence-electron chi connectivity index (χ1n) is 8.96. The Bertz CT molecular complexity index is 844. The molecule has 1 aliphatic rings. The fraction of sp³-hybridized carbons (Fsp3) is 0.444. The van der Waals surface area contributed by atoms with Crippen LogP contribution in [-0.4, -0.2) is 56.6 Å². The van der Waals surface area contributed by atoms with Crippen molar-refractivity contribution < 1.29 is 9.72 Å². The molecule has 150 valence electrons. The minimum absolute atomic E-state index is 0.0218. The molecule has 0 N–H and O–H groups in total. The summed E-state index contributed by atoms with van der Waals surface area (Å²) in [7, 11) is 0. The standard InChI is InChI=1S/C18H21Cl2N5O3/c1-13(10-24-11-14(9-21-24)25(27)28)18(26)23-7-5-22(6-8-23)12-15-16(19)3-2-4-17(15)20/h2-4,9,11,13H,5-8,10,12H2,1H3. The lowest BCUT2D eigenvalue weighted by atomic mass is 10.1. The van der Waals surface area contributed by atoms with Gasteiger partial charge in [-0.15, -0.1) is 0 Å². The molecule has 1 aliphatic heterocycles. The molecule has 1 fully saturated rings. The summed E-state index contributed by atoms with van der Waals surface area (Å²) < 4.78 is 1.44. The molecular weight excluding hydrogens is 405 g/mol. The molecule has 0 spiro atoms. The van der Waals surface area contributed by atoms with Crippen LogP contribution in [0.25, 0.3) is 0 Å². The third-order valence-corrected chi connectivity index (χ3v) is 5.55. The van der Waals surface area contributed by atoms with Crippen molar-refractivity contribution in [2.45, 2.75) is 20.0 Å². The number of piperazine rings is 1. The van der Waals surface area contributed by atoms with E-state index in [1.165, 1.54) is 17.1 Å². The van der Waals surface area contributed by atoms with Crippen molar-refractivity contribution in [3.63, 3.8) is 0 Å². The summed E-state index contributed by atoms with van der Waals surface area (Å²) in [5.74, 6) is -0.294. The number of carbonyl (C=O) groups excluding carboxylic acids is 1. The summed E-state index contributed by atoms with van der Waals surface area (Å²) in [5.41, 5.74) is 0.825. The molecule has 2 aromatic rings. The van der Waals surface area contributed by atoms with Gasteiger partial charge in [-0.25, -0.2) is 0 Å². The Labute approximate surface area is 172 Å². The average molecular weight is 426 g/mol. The fourth-order valence-corrected chi connectivity index (χ4v) is 3.77. The molecule has 8 nitrogen and oxygen atoms in total. The Hall–Kier alpha value is -2.16. The summed E-state index contributed by atoms with van der Waals surface area (Å²) in [6.45, 7) is 5.45. The van der Waals surface area contributed by atoms with Gasteiger partial charge >= 0.3 is 5.69 Å². The minimum atomic E-state index is -0.500. The highest BCUT2D eigenvalue weighted by atomic mass is 35.5. The van der Waals surface area contributed by atoms with Crippen LogP contribution in [0.15, 0.2) is 30.6 Å². The van der Waals surface area contributed by atoms with Crippen molar-refractivity contribution in [2.75, 3.05) is 26.2 Å². The van der Waals surface area contributed by atoms with Gasteiger partial charge in [0.1, 0.15) is 12.4 Å². The van der Waals surface area contributed by atoms with Crippen molar-refractivity contribution in [2.24, 2.45) is 5.92 Å². The Morgan fingerprint density at radius 3 is 2.46 bits per heavy atom. The van der Waals surface area contributed by atoms with Crippen molar-refractivity contribution in [3.05, 3.63) is 56.3 Å². The zero-order valence-electron chi connectivity index (χ0n) is 15.4. The Kier molecular flexibility index (Phi) is 6.53. The first-order chi connectivity index (χ1) is 13.3. The average Bonchev–Trinajstić information content (AvgIpc) is 3.13. The summed E-state index contributed by atoms with van der Waals surface area (Å²) in [5, 5.41) is 16.0. The molecule has 0 aliphatic carbocycles. The van der Waals surface area contributed by atoms with E-state index in [4.69, 9.17) is 23.2 Å². The molecule has 28 heavy (non-hydrogen) atoms. The second-order valence-electron chi connectivity index (χ2n) is 6.88. The maximum Gasteiger partial charge on any atom is 0.306 e. The number of halogens is 2. The predicted octanol–water partition coefficient (Wildman–Crippen LogP) is 3.08. The molecule has 1 aromatic carbocycles. The first kappa shape index (κ1) is 20.6. The van der Waals surface area contributed by atoms with Gasteiger partial charge in [-0.2, -0.15) is 5.10 Å². The molecular formula is C18H21Cl2N5O3. The summed E-state index contributed by atoms with van der Waals surface area (Å²) >= 11 is 12.5.